The van der Waals surface area contributed by atoms with E-state index in [0.717, 1.165) is 32.4 Å². The van der Waals surface area contributed by atoms with E-state index in [1.807, 2.05) is 0 Å². The molecule has 1 heterocycles. The van der Waals surface area contributed by atoms with Crippen LogP contribution >= 0.6 is 7.82 Å². The van der Waals surface area contributed by atoms with Crippen molar-refractivity contribution in [1.29, 1.82) is 0 Å². The molecule has 0 aromatic rings. The van der Waals surface area contributed by atoms with E-state index < -0.39 is 7.82 Å². The Balaban J connectivity index is 2.17. The minimum atomic E-state index is -4.13. The lowest BCUT2D eigenvalue weighted by Crippen LogP contribution is -2.32. The Bertz CT molecular complexity index is 722. The summed E-state index contributed by atoms with van der Waals surface area (Å²) < 4.78 is 35.4. The molecule has 0 bridgehead atoms. The molecule has 1 saturated heterocycles. The first-order chi connectivity index (χ1) is 24.6. The highest BCUT2D eigenvalue weighted by Crippen LogP contribution is 2.43. The molecule has 300 valence electrons. The summed E-state index contributed by atoms with van der Waals surface area (Å²) in [5, 5.41) is 0. The minimum absolute atomic E-state index is 0.00877. The average molecular weight is 732 g/mol. The standard InChI is InChI=1S/C42H86NO6P/c1-3-5-7-9-11-13-15-17-19-21-23-25-27-32-37-46-40-42(41-49-50(44,45)48-39-36-43-34-30-29-31-35-43)47-38-33-28-26-24-22-20-18-16-14-12-10-8-6-4-2/h42H,3-41H2,1-2H3,(H,44,45)/t42-/m1/s1. The summed E-state index contributed by atoms with van der Waals surface area (Å²) in [5.74, 6) is 0. The van der Waals surface area contributed by atoms with Crippen molar-refractivity contribution in [3.05, 3.63) is 0 Å². The lowest BCUT2D eigenvalue weighted by molar-refractivity contribution is -0.0446. The Kier molecular flexibility index (Phi) is 35.8. The third-order valence-electron chi connectivity index (χ3n) is 10.3. The van der Waals surface area contributed by atoms with Gasteiger partial charge in [0.25, 0.3) is 0 Å². The molecule has 0 aromatic heterocycles. The lowest BCUT2D eigenvalue weighted by Gasteiger charge is -2.26. The van der Waals surface area contributed by atoms with Crippen LogP contribution in [0.5, 0.6) is 0 Å². The molecule has 0 aromatic carbocycles. The zero-order valence-electron chi connectivity index (χ0n) is 33.5. The molecule has 7 nitrogen and oxygen atoms in total. The summed E-state index contributed by atoms with van der Waals surface area (Å²) in [4.78, 5) is 12.6. The Labute approximate surface area is 311 Å². The van der Waals surface area contributed by atoms with Crippen LogP contribution in [-0.4, -0.2) is 68.6 Å². The highest BCUT2D eigenvalue weighted by Gasteiger charge is 2.24. The smallest absolute Gasteiger partial charge is 0.379 e. The number of rotatable bonds is 40. The second-order valence-electron chi connectivity index (χ2n) is 15.3. The van der Waals surface area contributed by atoms with Crippen molar-refractivity contribution < 1.29 is 28.0 Å². The summed E-state index contributed by atoms with van der Waals surface area (Å²) in [6, 6.07) is 0. The average Bonchev–Trinajstić information content (AvgIpc) is 3.12. The van der Waals surface area contributed by atoms with E-state index in [-0.39, 0.29) is 19.3 Å². The molecular formula is C42H86NO6P. The molecule has 0 radical (unpaired) electrons. The zero-order chi connectivity index (χ0) is 36.1. The number of nitrogens with zero attached hydrogens (tertiary/aromatic N) is 1. The summed E-state index contributed by atoms with van der Waals surface area (Å²) in [5.41, 5.74) is 0. The molecule has 50 heavy (non-hydrogen) atoms. The maximum atomic E-state index is 12.6. The first-order valence-corrected chi connectivity index (χ1v) is 23.6. The zero-order valence-corrected chi connectivity index (χ0v) is 34.4. The van der Waals surface area contributed by atoms with Crippen LogP contribution in [0.3, 0.4) is 0 Å². The summed E-state index contributed by atoms with van der Waals surface area (Å²) >= 11 is 0. The van der Waals surface area contributed by atoms with Crippen molar-refractivity contribution in [3.63, 3.8) is 0 Å². The maximum absolute atomic E-state index is 12.6. The second-order valence-corrected chi connectivity index (χ2v) is 16.7. The topological polar surface area (TPSA) is 77.5 Å². The summed E-state index contributed by atoms with van der Waals surface area (Å²) in [6.07, 6.45) is 40.6. The van der Waals surface area contributed by atoms with Crippen LogP contribution in [0.4, 0.5) is 0 Å². The molecule has 8 heteroatoms. The SMILES string of the molecule is CCCCCCCCCCCCCCCCOC[C@H](COP(=O)(O)OCCN1CCCCC1)OCCCCCCCCCCCCCCCC. The van der Waals surface area contributed by atoms with E-state index >= 15 is 0 Å². The van der Waals surface area contributed by atoms with E-state index in [4.69, 9.17) is 18.5 Å². The molecule has 0 amide bonds. The van der Waals surface area contributed by atoms with Gasteiger partial charge in [0.15, 0.2) is 0 Å². The molecule has 0 saturated carbocycles. The van der Waals surface area contributed by atoms with Crippen molar-refractivity contribution in [3.8, 4) is 0 Å². The van der Waals surface area contributed by atoms with E-state index in [1.165, 1.54) is 180 Å². The van der Waals surface area contributed by atoms with Gasteiger partial charge in [-0.05, 0) is 38.8 Å². The van der Waals surface area contributed by atoms with E-state index in [1.54, 1.807) is 0 Å². The molecule has 1 aliphatic heterocycles. The number of phosphoric acid groups is 1. The first-order valence-electron chi connectivity index (χ1n) is 22.1. The van der Waals surface area contributed by atoms with Crippen molar-refractivity contribution in [2.24, 2.45) is 0 Å². The number of hydrogen-bond acceptors (Lipinski definition) is 6. The molecule has 0 aliphatic carbocycles. The molecule has 1 N–H and O–H groups in total. The highest BCUT2D eigenvalue weighted by atomic mass is 31.2. The largest absolute Gasteiger partial charge is 0.472 e. The van der Waals surface area contributed by atoms with Crippen LogP contribution in [0.2, 0.25) is 0 Å². The van der Waals surface area contributed by atoms with Crippen LogP contribution < -0.4 is 0 Å². The van der Waals surface area contributed by atoms with Crippen molar-refractivity contribution >= 4 is 7.82 Å². The van der Waals surface area contributed by atoms with Crippen LogP contribution in [0.1, 0.15) is 213 Å². The summed E-state index contributed by atoms with van der Waals surface area (Å²) in [7, 11) is -4.13. The van der Waals surface area contributed by atoms with Gasteiger partial charge in [-0.3, -0.25) is 9.05 Å². The number of unbranched alkanes of at least 4 members (excludes halogenated alkanes) is 26. The Hall–Kier alpha value is -0.0100. The summed E-state index contributed by atoms with van der Waals surface area (Å²) in [6.45, 7) is 9.20. The van der Waals surface area contributed by atoms with Gasteiger partial charge in [0.05, 0.1) is 19.8 Å². The van der Waals surface area contributed by atoms with E-state index in [9.17, 15) is 9.46 Å². The first kappa shape index (κ1) is 48.0. The van der Waals surface area contributed by atoms with Crippen molar-refractivity contribution in [2.45, 2.75) is 219 Å². The van der Waals surface area contributed by atoms with Gasteiger partial charge in [-0.1, -0.05) is 187 Å². The molecule has 1 aliphatic rings. The number of hydrogen-bond donors (Lipinski definition) is 1. The molecule has 1 fully saturated rings. The van der Waals surface area contributed by atoms with E-state index in [2.05, 4.69) is 18.7 Å². The lowest BCUT2D eigenvalue weighted by atomic mass is 10.0. The fourth-order valence-electron chi connectivity index (χ4n) is 6.99. The molecular weight excluding hydrogens is 645 g/mol. The maximum Gasteiger partial charge on any atom is 0.472 e. The highest BCUT2D eigenvalue weighted by molar-refractivity contribution is 7.47. The van der Waals surface area contributed by atoms with Crippen LogP contribution in [0.25, 0.3) is 0 Å². The molecule has 1 rings (SSSR count). The molecule has 2 atom stereocenters. The normalized spacial score (nSPS) is 15.8. The van der Waals surface area contributed by atoms with Gasteiger partial charge in [0.2, 0.25) is 0 Å². The van der Waals surface area contributed by atoms with Gasteiger partial charge < -0.3 is 19.3 Å². The minimum Gasteiger partial charge on any atom is -0.379 e. The van der Waals surface area contributed by atoms with Crippen LogP contribution in [0, 0.1) is 0 Å². The fraction of sp³-hybridized carbons (Fsp3) is 1.00. The molecule has 1 unspecified atom stereocenters. The third-order valence-corrected chi connectivity index (χ3v) is 11.3. The number of likely N-dealkylation sites (tertiary alicyclic amines) is 1. The predicted octanol–water partition coefficient (Wildman–Crippen LogP) is 13.0. The Morgan fingerprint density at radius 3 is 1.34 bits per heavy atom. The molecule has 0 spiro atoms. The van der Waals surface area contributed by atoms with Crippen LogP contribution in [-0.2, 0) is 23.1 Å². The fourth-order valence-corrected chi connectivity index (χ4v) is 7.73. The Morgan fingerprint density at radius 2 is 0.900 bits per heavy atom. The quantitative estimate of drug-likeness (QED) is 0.0496. The van der Waals surface area contributed by atoms with Crippen molar-refractivity contribution in [2.75, 3.05) is 52.7 Å². The number of ether oxygens (including phenoxy) is 2. The number of piperidine rings is 1. The van der Waals surface area contributed by atoms with Gasteiger partial charge in [0.1, 0.15) is 6.10 Å². The van der Waals surface area contributed by atoms with E-state index in [0.29, 0.717) is 26.4 Å². The predicted molar refractivity (Wildman–Crippen MR) is 213 cm³/mol. The van der Waals surface area contributed by atoms with Gasteiger partial charge >= 0.3 is 7.82 Å². The van der Waals surface area contributed by atoms with Gasteiger partial charge in [0, 0.05) is 19.8 Å². The van der Waals surface area contributed by atoms with Crippen LogP contribution in [0.15, 0.2) is 0 Å². The second kappa shape index (κ2) is 37.3. The Morgan fingerprint density at radius 1 is 0.500 bits per heavy atom. The third kappa shape index (κ3) is 33.8. The van der Waals surface area contributed by atoms with Gasteiger partial charge in [-0.25, -0.2) is 4.57 Å². The van der Waals surface area contributed by atoms with Gasteiger partial charge in [-0.15, -0.1) is 0 Å². The number of phosphoric ester groups is 1. The van der Waals surface area contributed by atoms with Crippen molar-refractivity contribution in [1.82, 2.24) is 4.90 Å². The monoisotopic (exact) mass is 732 g/mol. The van der Waals surface area contributed by atoms with Gasteiger partial charge in [-0.2, -0.15) is 0 Å².